The highest BCUT2D eigenvalue weighted by atomic mass is 28.3. The second-order valence-electron chi connectivity index (χ2n) is 4.71. The van der Waals surface area contributed by atoms with Gasteiger partial charge in [-0.1, -0.05) is 66.5 Å². The summed E-state index contributed by atoms with van der Waals surface area (Å²) in [5, 5.41) is 1.46. The molecule has 0 bridgehead atoms. The zero-order chi connectivity index (χ0) is 12.1. The maximum atomic E-state index is 4.12. The first-order chi connectivity index (χ1) is 8.18. The molecule has 1 nitrogen and oxygen atoms in total. The minimum atomic E-state index is -1.47. The highest BCUT2D eigenvalue weighted by Crippen LogP contribution is 2.08. The van der Waals surface area contributed by atoms with Crippen molar-refractivity contribution in [2.75, 3.05) is 0 Å². The second-order valence-corrected chi connectivity index (χ2v) is 9.06. The van der Waals surface area contributed by atoms with Gasteiger partial charge in [0, 0.05) is 12.4 Å². The number of nitrogens with zero attached hydrogens (tertiary/aromatic N) is 1. The second kappa shape index (κ2) is 5.10. The van der Waals surface area contributed by atoms with Gasteiger partial charge in [0.25, 0.3) is 0 Å². The molecular formula is C15H17NSi. The lowest BCUT2D eigenvalue weighted by Crippen LogP contribution is -2.39. The molecule has 2 aromatic rings. The Labute approximate surface area is 104 Å². The van der Waals surface area contributed by atoms with Crippen LogP contribution in [0, 0.1) is 0 Å². The van der Waals surface area contributed by atoms with E-state index in [1.165, 1.54) is 10.8 Å². The Morgan fingerprint density at radius 3 is 2.41 bits per heavy atom. The van der Waals surface area contributed by atoms with Crippen LogP contribution in [-0.2, 0) is 0 Å². The molecule has 0 unspecified atom stereocenters. The lowest BCUT2D eigenvalue weighted by Gasteiger charge is -2.18. The Balaban J connectivity index is 2.21. The largest absolute Gasteiger partial charge is 0.264 e. The first-order valence-electron chi connectivity index (χ1n) is 5.83. The maximum Gasteiger partial charge on any atom is 0.104 e. The summed E-state index contributed by atoms with van der Waals surface area (Å²) in [7, 11) is -1.47. The normalized spacial score (nSPS) is 11.9. The molecule has 86 valence electrons. The molecule has 2 rings (SSSR count). The topological polar surface area (TPSA) is 12.9 Å². The Bertz CT molecular complexity index is 489. The van der Waals surface area contributed by atoms with E-state index in [1.54, 1.807) is 6.20 Å². The third-order valence-electron chi connectivity index (χ3n) is 2.89. The lowest BCUT2D eigenvalue weighted by molar-refractivity contribution is 1.32. The third-order valence-corrected chi connectivity index (χ3v) is 5.72. The number of rotatable bonds is 3. The van der Waals surface area contributed by atoms with Crippen molar-refractivity contribution < 1.29 is 0 Å². The van der Waals surface area contributed by atoms with Crippen molar-refractivity contribution >= 4 is 19.3 Å². The number of pyridine rings is 1. The minimum Gasteiger partial charge on any atom is -0.264 e. The average Bonchev–Trinajstić information content (AvgIpc) is 2.39. The van der Waals surface area contributed by atoms with Crippen molar-refractivity contribution in [1.29, 1.82) is 0 Å². The van der Waals surface area contributed by atoms with Gasteiger partial charge in [-0.3, -0.25) is 4.98 Å². The number of benzene rings is 1. The van der Waals surface area contributed by atoms with E-state index in [2.05, 4.69) is 66.3 Å². The SMILES string of the molecule is C[Si](C)(/C=C/c1cccnc1)c1ccccc1. The van der Waals surface area contributed by atoms with Crippen molar-refractivity contribution in [3.63, 3.8) is 0 Å². The molecule has 0 radical (unpaired) electrons. The van der Waals surface area contributed by atoms with Gasteiger partial charge in [0.2, 0.25) is 0 Å². The number of aromatic nitrogens is 1. The highest BCUT2D eigenvalue weighted by Gasteiger charge is 2.18. The summed E-state index contributed by atoms with van der Waals surface area (Å²) in [4.78, 5) is 4.12. The van der Waals surface area contributed by atoms with Crippen LogP contribution in [-0.4, -0.2) is 13.1 Å². The monoisotopic (exact) mass is 239 g/mol. The molecule has 0 atom stereocenters. The lowest BCUT2D eigenvalue weighted by atomic mass is 10.3. The predicted molar refractivity (Wildman–Crippen MR) is 76.8 cm³/mol. The van der Waals surface area contributed by atoms with E-state index in [0.717, 1.165) is 0 Å². The molecule has 1 aromatic heterocycles. The summed E-state index contributed by atoms with van der Waals surface area (Å²) in [6, 6.07) is 14.8. The molecule has 0 saturated carbocycles. The first-order valence-corrected chi connectivity index (χ1v) is 8.91. The maximum absolute atomic E-state index is 4.12. The Morgan fingerprint density at radius 1 is 1.00 bits per heavy atom. The van der Waals surface area contributed by atoms with Gasteiger partial charge in [0.1, 0.15) is 8.07 Å². The molecular weight excluding hydrogens is 222 g/mol. The zero-order valence-corrected chi connectivity index (χ0v) is 11.3. The summed E-state index contributed by atoms with van der Waals surface area (Å²) in [6.07, 6.45) is 5.88. The fourth-order valence-electron chi connectivity index (χ4n) is 1.74. The van der Waals surface area contributed by atoms with Crippen molar-refractivity contribution in [3.05, 3.63) is 66.1 Å². The Kier molecular flexibility index (Phi) is 3.54. The molecule has 0 N–H and O–H groups in total. The van der Waals surface area contributed by atoms with E-state index >= 15 is 0 Å². The van der Waals surface area contributed by atoms with E-state index < -0.39 is 8.07 Å². The molecule has 17 heavy (non-hydrogen) atoms. The van der Waals surface area contributed by atoms with Gasteiger partial charge in [0.05, 0.1) is 0 Å². The van der Waals surface area contributed by atoms with Crippen LogP contribution in [0.3, 0.4) is 0 Å². The summed E-state index contributed by atoms with van der Waals surface area (Å²) in [5.74, 6) is 0. The smallest absolute Gasteiger partial charge is 0.104 e. The van der Waals surface area contributed by atoms with Gasteiger partial charge in [-0.15, -0.1) is 0 Å². The van der Waals surface area contributed by atoms with Crippen molar-refractivity contribution in [2.24, 2.45) is 0 Å². The van der Waals surface area contributed by atoms with Crippen LogP contribution in [0.1, 0.15) is 5.56 Å². The van der Waals surface area contributed by atoms with Crippen LogP contribution >= 0.6 is 0 Å². The van der Waals surface area contributed by atoms with E-state index in [4.69, 9.17) is 0 Å². The third kappa shape index (κ3) is 3.14. The molecule has 0 amide bonds. The molecule has 1 aromatic carbocycles. The van der Waals surface area contributed by atoms with E-state index in [-0.39, 0.29) is 0 Å². The van der Waals surface area contributed by atoms with Gasteiger partial charge in [-0.2, -0.15) is 0 Å². The van der Waals surface area contributed by atoms with Crippen LogP contribution in [0.4, 0.5) is 0 Å². The van der Waals surface area contributed by atoms with Crippen molar-refractivity contribution in [2.45, 2.75) is 13.1 Å². The van der Waals surface area contributed by atoms with Crippen molar-refractivity contribution in [3.8, 4) is 0 Å². The van der Waals surface area contributed by atoms with Crippen molar-refractivity contribution in [1.82, 2.24) is 4.98 Å². The van der Waals surface area contributed by atoms with Gasteiger partial charge < -0.3 is 0 Å². The van der Waals surface area contributed by atoms with Crippen LogP contribution in [0.15, 0.2) is 60.6 Å². The van der Waals surface area contributed by atoms with Gasteiger partial charge in [-0.25, -0.2) is 0 Å². The highest BCUT2D eigenvalue weighted by molar-refractivity contribution is 6.94. The summed E-state index contributed by atoms with van der Waals surface area (Å²) < 4.78 is 0. The standard InChI is InChI=1S/C15H17NSi/c1-17(2,15-8-4-3-5-9-15)12-10-14-7-6-11-16-13-14/h3-13H,1-2H3/b12-10+. The first kappa shape index (κ1) is 11.8. The summed E-state index contributed by atoms with van der Waals surface area (Å²) in [6.45, 7) is 4.71. The number of hydrogen-bond donors (Lipinski definition) is 0. The van der Waals surface area contributed by atoms with E-state index in [1.807, 2.05) is 12.3 Å². The minimum absolute atomic E-state index is 1.17. The Morgan fingerprint density at radius 2 is 1.76 bits per heavy atom. The summed E-state index contributed by atoms with van der Waals surface area (Å²) >= 11 is 0. The van der Waals surface area contributed by atoms with Crippen LogP contribution in [0.5, 0.6) is 0 Å². The molecule has 0 spiro atoms. The average molecular weight is 239 g/mol. The number of hydrogen-bond acceptors (Lipinski definition) is 1. The van der Waals surface area contributed by atoms with Gasteiger partial charge >= 0.3 is 0 Å². The molecule has 0 aliphatic heterocycles. The molecule has 0 aliphatic rings. The fraction of sp³-hybridized carbons (Fsp3) is 0.133. The molecule has 2 heteroatoms. The van der Waals surface area contributed by atoms with Gasteiger partial charge in [-0.05, 0) is 11.6 Å². The molecule has 0 saturated heterocycles. The fourth-order valence-corrected chi connectivity index (χ4v) is 3.60. The molecule has 0 aliphatic carbocycles. The van der Waals surface area contributed by atoms with Crippen LogP contribution in [0.2, 0.25) is 13.1 Å². The summed E-state index contributed by atoms with van der Waals surface area (Å²) in [5.41, 5.74) is 3.53. The molecule has 1 heterocycles. The Hall–Kier alpha value is -1.67. The van der Waals surface area contributed by atoms with Gasteiger partial charge in [0.15, 0.2) is 0 Å². The zero-order valence-electron chi connectivity index (χ0n) is 10.3. The molecule has 0 fully saturated rings. The van der Waals surface area contributed by atoms with Crippen LogP contribution in [0.25, 0.3) is 6.08 Å². The quantitative estimate of drug-likeness (QED) is 0.749. The van der Waals surface area contributed by atoms with Crippen LogP contribution < -0.4 is 5.19 Å². The van der Waals surface area contributed by atoms with E-state index in [9.17, 15) is 0 Å². The van der Waals surface area contributed by atoms with E-state index in [0.29, 0.717) is 0 Å². The predicted octanol–water partition coefficient (Wildman–Crippen LogP) is 3.25.